The molecule has 0 radical (unpaired) electrons. The van der Waals surface area contributed by atoms with Crippen LogP contribution < -0.4 is 4.72 Å². The summed E-state index contributed by atoms with van der Waals surface area (Å²) in [5, 5.41) is 0. The molecule has 1 aliphatic rings. The molecule has 2 rings (SSSR count). The molecule has 1 saturated heterocycles. The molecule has 1 aromatic rings. The predicted octanol–water partition coefficient (Wildman–Crippen LogP) is 1.30. The highest BCUT2D eigenvalue weighted by Crippen LogP contribution is 2.29. The second-order valence-electron chi connectivity index (χ2n) is 5.51. The van der Waals surface area contributed by atoms with Crippen molar-refractivity contribution in [3.8, 4) is 0 Å². The number of nitrogens with one attached hydrogen (secondary N) is 1. The summed E-state index contributed by atoms with van der Waals surface area (Å²) >= 11 is 0. The van der Waals surface area contributed by atoms with E-state index in [4.69, 9.17) is 8.92 Å². The quantitative estimate of drug-likeness (QED) is 0.832. The minimum Gasteiger partial charge on any atom is -0.458 e. The predicted molar refractivity (Wildman–Crippen MR) is 72.0 cm³/mol. The third-order valence-electron chi connectivity index (χ3n) is 2.60. The fourth-order valence-electron chi connectivity index (χ4n) is 1.88. The van der Waals surface area contributed by atoms with Crippen LogP contribution in [0.1, 0.15) is 32.4 Å². The first kappa shape index (κ1) is 15.0. The zero-order valence-electron chi connectivity index (χ0n) is 11.5. The van der Waals surface area contributed by atoms with E-state index in [0.717, 1.165) is 0 Å². The number of ether oxygens (including phenoxy) is 1. The Morgan fingerprint density at radius 3 is 2.40 bits per heavy atom. The molecule has 1 aromatic carbocycles. The number of hydrogen-bond donors (Lipinski definition) is 1. The normalized spacial score (nSPS) is 25.4. The van der Waals surface area contributed by atoms with Gasteiger partial charge in [0.2, 0.25) is 0 Å². The molecule has 0 amide bonds. The second kappa shape index (κ2) is 5.16. The third-order valence-corrected chi connectivity index (χ3v) is 3.61. The van der Waals surface area contributed by atoms with Gasteiger partial charge in [-0.25, -0.2) is 8.98 Å². The Labute approximate surface area is 118 Å². The molecule has 7 heteroatoms. The first-order valence-corrected chi connectivity index (χ1v) is 7.57. The van der Waals surface area contributed by atoms with Gasteiger partial charge in [-0.05, 0) is 26.3 Å². The van der Waals surface area contributed by atoms with Crippen LogP contribution in [0.2, 0.25) is 0 Å². The molecule has 1 aliphatic heterocycles. The Bertz CT molecular complexity index is 591. The average Bonchev–Trinajstić information content (AvgIpc) is 2.65. The maximum atomic E-state index is 12.1. The number of esters is 1. The average molecular weight is 299 g/mol. The molecule has 110 valence electrons. The van der Waals surface area contributed by atoms with Crippen LogP contribution in [-0.4, -0.2) is 26.1 Å². The van der Waals surface area contributed by atoms with Gasteiger partial charge < -0.3 is 4.74 Å². The Balaban J connectivity index is 2.28. The lowest BCUT2D eigenvalue weighted by Crippen LogP contribution is -2.35. The Kier molecular flexibility index (Phi) is 3.86. The van der Waals surface area contributed by atoms with Crippen molar-refractivity contribution in [3.63, 3.8) is 0 Å². The monoisotopic (exact) mass is 299 g/mol. The summed E-state index contributed by atoms with van der Waals surface area (Å²) in [5.74, 6) is -0.708. The highest BCUT2D eigenvalue weighted by Gasteiger charge is 2.45. The summed E-state index contributed by atoms with van der Waals surface area (Å²) in [4.78, 5) is 12.1. The largest absolute Gasteiger partial charge is 0.458 e. The van der Waals surface area contributed by atoms with E-state index in [1.807, 2.05) is 0 Å². The molecular formula is C13H17NO5S. The van der Waals surface area contributed by atoms with E-state index in [1.165, 1.54) is 0 Å². The van der Waals surface area contributed by atoms with E-state index in [1.54, 1.807) is 51.1 Å². The van der Waals surface area contributed by atoms with Gasteiger partial charge in [-0.3, -0.25) is 0 Å². The van der Waals surface area contributed by atoms with Crippen LogP contribution in [0.4, 0.5) is 0 Å². The molecule has 1 fully saturated rings. The standard InChI is InChI=1S/C13H17NO5S/c1-13(2,3)18-12(15)11-10(14-20(16,17)19-11)9-7-5-4-6-8-9/h4-8,10-11,14H,1-3H3/t10-,11-/m0/s1. The van der Waals surface area contributed by atoms with Crippen molar-refractivity contribution in [2.24, 2.45) is 0 Å². The molecule has 1 N–H and O–H groups in total. The minimum atomic E-state index is -3.94. The number of benzene rings is 1. The molecule has 0 spiro atoms. The highest BCUT2D eigenvalue weighted by molar-refractivity contribution is 7.85. The smallest absolute Gasteiger partial charge is 0.339 e. The summed E-state index contributed by atoms with van der Waals surface area (Å²) in [6, 6.07) is 7.98. The van der Waals surface area contributed by atoms with Gasteiger partial charge in [0.25, 0.3) is 0 Å². The third kappa shape index (κ3) is 3.56. The first-order valence-electron chi connectivity index (χ1n) is 6.16. The van der Waals surface area contributed by atoms with Crippen LogP contribution in [0, 0.1) is 0 Å². The molecule has 6 nitrogen and oxygen atoms in total. The molecule has 0 aliphatic carbocycles. The van der Waals surface area contributed by atoms with Crippen LogP contribution in [0.25, 0.3) is 0 Å². The van der Waals surface area contributed by atoms with E-state index in [9.17, 15) is 13.2 Å². The van der Waals surface area contributed by atoms with Gasteiger partial charge in [-0.15, -0.1) is 0 Å². The van der Waals surface area contributed by atoms with Crippen LogP contribution in [-0.2, 0) is 24.0 Å². The van der Waals surface area contributed by atoms with Crippen molar-refractivity contribution < 1.29 is 22.1 Å². The zero-order chi connectivity index (χ0) is 15.0. The van der Waals surface area contributed by atoms with Gasteiger partial charge in [-0.1, -0.05) is 30.3 Å². The van der Waals surface area contributed by atoms with Crippen molar-refractivity contribution in [2.45, 2.75) is 38.5 Å². The summed E-state index contributed by atoms with van der Waals surface area (Å²) in [6.45, 7) is 5.12. The van der Waals surface area contributed by atoms with E-state index in [2.05, 4.69) is 4.72 Å². The van der Waals surface area contributed by atoms with Crippen molar-refractivity contribution >= 4 is 16.3 Å². The molecule has 0 saturated carbocycles. The van der Waals surface area contributed by atoms with Gasteiger partial charge >= 0.3 is 16.3 Å². The van der Waals surface area contributed by atoms with Gasteiger partial charge in [0.15, 0.2) is 6.10 Å². The second-order valence-corrected chi connectivity index (χ2v) is 6.85. The molecule has 0 unspecified atom stereocenters. The van der Waals surface area contributed by atoms with E-state index in [-0.39, 0.29) is 0 Å². The molecule has 0 bridgehead atoms. The molecule has 20 heavy (non-hydrogen) atoms. The van der Waals surface area contributed by atoms with Gasteiger partial charge in [0, 0.05) is 0 Å². The van der Waals surface area contributed by atoms with Gasteiger partial charge in [0.1, 0.15) is 5.60 Å². The number of rotatable bonds is 2. The summed E-state index contributed by atoms with van der Waals surface area (Å²) in [5.41, 5.74) is -0.0713. The maximum absolute atomic E-state index is 12.1. The zero-order valence-corrected chi connectivity index (χ0v) is 12.3. The van der Waals surface area contributed by atoms with Crippen molar-refractivity contribution in [1.82, 2.24) is 4.72 Å². The molecule has 2 atom stereocenters. The number of carbonyl (C=O) groups is 1. The van der Waals surface area contributed by atoms with Crippen molar-refractivity contribution in [3.05, 3.63) is 35.9 Å². The summed E-state index contributed by atoms with van der Waals surface area (Å²) < 4.78 is 35.4. The number of hydrogen-bond acceptors (Lipinski definition) is 5. The highest BCUT2D eigenvalue weighted by atomic mass is 32.2. The Morgan fingerprint density at radius 2 is 1.85 bits per heavy atom. The molecular weight excluding hydrogens is 282 g/mol. The summed E-state index contributed by atoms with van der Waals surface area (Å²) in [6.07, 6.45) is -1.22. The van der Waals surface area contributed by atoms with Crippen LogP contribution in [0.3, 0.4) is 0 Å². The summed E-state index contributed by atoms with van der Waals surface area (Å²) in [7, 11) is -3.94. The lowest BCUT2D eigenvalue weighted by atomic mass is 10.0. The first-order chi connectivity index (χ1) is 9.18. The van der Waals surface area contributed by atoms with E-state index >= 15 is 0 Å². The van der Waals surface area contributed by atoms with Gasteiger partial charge in [0.05, 0.1) is 6.04 Å². The fraction of sp³-hybridized carbons (Fsp3) is 0.462. The van der Waals surface area contributed by atoms with Crippen molar-refractivity contribution in [1.29, 1.82) is 0 Å². The van der Waals surface area contributed by atoms with Crippen LogP contribution in [0.5, 0.6) is 0 Å². The lowest BCUT2D eigenvalue weighted by molar-refractivity contribution is -0.163. The SMILES string of the molecule is CC(C)(C)OC(=O)[C@H]1OS(=O)(=O)N[C@H]1c1ccccc1. The minimum absolute atomic E-state index is 0.643. The molecule has 0 aromatic heterocycles. The van der Waals surface area contributed by atoms with Crippen LogP contribution in [0.15, 0.2) is 30.3 Å². The topological polar surface area (TPSA) is 81.7 Å². The number of carbonyl (C=O) groups excluding carboxylic acids is 1. The Hall–Kier alpha value is -1.44. The Morgan fingerprint density at radius 1 is 1.25 bits per heavy atom. The van der Waals surface area contributed by atoms with Crippen molar-refractivity contribution in [2.75, 3.05) is 0 Å². The van der Waals surface area contributed by atoms with Gasteiger partial charge in [-0.2, -0.15) is 13.1 Å². The van der Waals surface area contributed by atoms with Crippen LogP contribution >= 0.6 is 0 Å². The van der Waals surface area contributed by atoms with E-state index in [0.29, 0.717) is 5.56 Å². The van der Waals surface area contributed by atoms with E-state index < -0.39 is 34.0 Å². The lowest BCUT2D eigenvalue weighted by Gasteiger charge is -2.23. The maximum Gasteiger partial charge on any atom is 0.339 e. The fourth-order valence-corrected chi connectivity index (χ4v) is 2.96. The molecule has 1 heterocycles.